The lowest BCUT2D eigenvalue weighted by Crippen LogP contribution is -2.43. The molecule has 0 N–H and O–H groups in total. The van der Waals surface area contributed by atoms with Crippen LogP contribution in [0.25, 0.3) is 99.5 Å². The SMILES string of the molecule is CC1(C)c2cccc(-c3nc(-c4ccccc4)nc(-c4cccc5oc6ccccc6c45)n3)c2-c2ccc3ccc4c5ccccc5ccc4c3c2C1(C)C. The molecule has 0 atom stereocenters. The highest BCUT2D eigenvalue weighted by atomic mass is 16.3. The molecule has 262 valence electrons. The standard InChI is InChI=1S/C51H37N3O/c1-50(2)40-21-12-19-38(44(40)37-29-26-31-25-27-34-33-17-9-8-14-30(33)24-28-35(34)43(31)46(37)51(50,3)4)48-52-47(32-15-6-5-7-16-32)53-49(54-48)39-20-13-23-42-45(39)36-18-10-11-22-41(36)55-42/h5-29H,1-4H3. The Morgan fingerprint density at radius 2 is 1.04 bits per heavy atom. The Bertz CT molecular complexity index is 3210. The smallest absolute Gasteiger partial charge is 0.164 e. The zero-order valence-electron chi connectivity index (χ0n) is 31.2. The normalized spacial score (nSPS) is 14.5. The van der Waals surface area contributed by atoms with Crippen LogP contribution >= 0.6 is 0 Å². The van der Waals surface area contributed by atoms with E-state index in [1.54, 1.807) is 0 Å². The monoisotopic (exact) mass is 707 g/mol. The Balaban J connectivity index is 1.23. The molecule has 4 nitrogen and oxygen atoms in total. The number of fused-ring (bicyclic) bond motifs is 12. The molecule has 10 aromatic rings. The van der Waals surface area contributed by atoms with Crippen LogP contribution in [0, 0.1) is 0 Å². The molecule has 0 saturated heterocycles. The van der Waals surface area contributed by atoms with Crippen molar-refractivity contribution < 1.29 is 4.42 Å². The third-order valence-corrected chi connectivity index (χ3v) is 12.7. The van der Waals surface area contributed by atoms with Gasteiger partial charge >= 0.3 is 0 Å². The van der Waals surface area contributed by atoms with Crippen molar-refractivity contribution in [1.82, 2.24) is 15.0 Å². The molecule has 0 fully saturated rings. The first-order chi connectivity index (χ1) is 26.8. The van der Waals surface area contributed by atoms with E-state index >= 15 is 0 Å². The molecule has 8 aromatic carbocycles. The van der Waals surface area contributed by atoms with E-state index in [0.29, 0.717) is 17.5 Å². The zero-order chi connectivity index (χ0) is 37.1. The molecule has 0 spiro atoms. The molecule has 0 unspecified atom stereocenters. The maximum absolute atomic E-state index is 6.32. The lowest BCUT2D eigenvalue weighted by atomic mass is 9.54. The molecular weight excluding hydrogens is 671 g/mol. The van der Waals surface area contributed by atoms with Crippen molar-refractivity contribution in [2.24, 2.45) is 0 Å². The summed E-state index contributed by atoms with van der Waals surface area (Å²) in [5, 5.41) is 9.71. The highest BCUT2D eigenvalue weighted by molar-refractivity contribution is 6.20. The summed E-state index contributed by atoms with van der Waals surface area (Å²) in [6.45, 7) is 9.64. The minimum atomic E-state index is -0.238. The van der Waals surface area contributed by atoms with E-state index < -0.39 is 0 Å². The highest BCUT2D eigenvalue weighted by Gasteiger charge is 2.47. The molecule has 55 heavy (non-hydrogen) atoms. The molecule has 0 aliphatic heterocycles. The first-order valence-electron chi connectivity index (χ1n) is 19.0. The molecule has 11 rings (SSSR count). The van der Waals surface area contributed by atoms with Gasteiger partial charge in [0, 0.05) is 32.9 Å². The lowest BCUT2D eigenvalue weighted by molar-refractivity contribution is 0.301. The van der Waals surface area contributed by atoms with Crippen molar-refractivity contribution >= 4 is 54.3 Å². The average molecular weight is 708 g/mol. The number of hydrogen-bond acceptors (Lipinski definition) is 4. The van der Waals surface area contributed by atoms with Gasteiger partial charge in [-0.1, -0.05) is 167 Å². The second-order valence-corrected chi connectivity index (χ2v) is 16.0. The van der Waals surface area contributed by atoms with E-state index in [4.69, 9.17) is 19.4 Å². The van der Waals surface area contributed by atoms with E-state index in [-0.39, 0.29) is 10.8 Å². The first kappa shape index (κ1) is 31.8. The van der Waals surface area contributed by atoms with Gasteiger partial charge in [0.15, 0.2) is 17.5 Å². The van der Waals surface area contributed by atoms with Crippen LogP contribution in [0.5, 0.6) is 0 Å². The summed E-state index contributed by atoms with van der Waals surface area (Å²) >= 11 is 0. The van der Waals surface area contributed by atoms with Crippen molar-refractivity contribution in [1.29, 1.82) is 0 Å². The number of para-hydroxylation sites is 1. The Labute approximate surface area is 319 Å². The predicted octanol–water partition coefficient (Wildman–Crippen LogP) is 13.5. The summed E-state index contributed by atoms with van der Waals surface area (Å²) in [7, 11) is 0. The number of furan rings is 1. The molecule has 0 bridgehead atoms. The average Bonchev–Trinajstić information content (AvgIpc) is 3.61. The van der Waals surface area contributed by atoms with Crippen LogP contribution in [0.3, 0.4) is 0 Å². The number of rotatable bonds is 3. The third-order valence-electron chi connectivity index (χ3n) is 12.7. The third kappa shape index (κ3) is 4.49. The van der Waals surface area contributed by atoms with Gasteiger partial charge in [-0.05, 0) is 72.1 Å². The van der Waals surface area contributed by atoms with Gasteiger partial charge < -0.3 is 4.42 Å². The zero-order valence-corrected chi connectivity index (χ0v) is 31.2. The van der Waals surface area contributed by atoms with E-state index in [1.807, 2.05) is 42.5 Å². The van der Waals surface area contributed by atoms with Gasteiger partial charge in [0.2, 0.25) is 0 Å². The first-order valence-corrected chi connectivity index (χ1v) is 19.0. The molecule has 1 aliphatic rings. The van der Waals surface area contributed by atoms with Crippen molar-refractivity contribution in [2.75, 3.05) is 0 Å². The van der Waals surface area contributed by atoms with Crippen LogP contribution < -0.4 is 0 Å². The van der Waals surface area contributed by atoms with Crippen LogP contribution in [-0.4, -0.2) is 15.0 Å². The summed E-state index contributed by atoms with van der Waals surface area (Å²) in [6.07, 6.45) is 0. The second-order valence-electron chi connectivity index (χ2n) is 16.0. The van der Waals surface area contributed by atoms with Crippen molar-refractivity contribution in [3.05, 3.63) is 163 Å². The van der Waals surface area contributed by atoms with Crippen molar-refractivity contribution in [2.45, 2.75) is 38.5 Å². The van der Waals surface area contributed by atoms with Crippen LogP contribution in [0.2, 0.25) is 0 Å². The van der Waals surface area contributed by atoms with Crippen LogP contribution in [0.15, 0.2) is 156 Å². The maximum atomic E-state index is 6.32. The molecule has 2 aromatic heterocycles. The topological polar surface area (TPSA) is 51.8 Å². The summed E-state index contributed by atoms with van der Waals surface area (Å²) < 4.78 is 6.32. The van der Waals surface area contributed by atoms with Gasteiger partial charge in [-0.25, -0.2) is 15.0 Å². The van der Waals surface area contributed by atoms with Gasteiger partial charge in [0.1, 0.15) is 11.2 Å². The molecule has 0 saturated carbocycles. The van der Waals surface area contributed by atoms with E-state index in [2.05, 4.69) is 137 Å². The van der Waals surface area contributed by atoms with Crippen LogP contribution in [0.4, 0.5) is 0 Å². The fourth-order valence-electron chi connectivity index (χ4n) is 9.26. The molecule has 2 heterocycles. The summed E-state index contributed by atoms with van der Waals surface area (Å²) in [6, 6.07) is 53.8. The molecule has 4 heteroatoms. The minimum absolute atomic E-state index is 0.217. The van der Waals surface area contributed by atoms with Gasteiger partial charge in [0.25, 0.3) is 0 Å². The number of nitrogens with zero attached hydrogens (tertiary/aromatic N) is 3. The highest BCUT2D eigenvalue weighted by Crippen LogP contribution is 2.58. The van der Waals surface area contributed by atoms with Gasteiger partial charge in [-0.15, -0.1) is 0 Å². The minimum Gasteiger partial charge on any atom is -0.456 e. The number of aromatic nitrogens is 3. The predicted molar refractivity (Wildman–Crippen MR) is 227 cm³/mol. The van der Waals surface area contributed by atoms with Gasteiger partial charge in [-0.2, -0.15) is 0 Å². The lowest BCUT2D eigenvalue weighted by Gasteiger charge is -2.49. The largest absolute Gasteiger partial charge is 0.456 e. The van der Waals surface area contributed by atoms with E-state index in [1.165, 1.54) is 54.6 Å². The molecule has 0 amide bonds. The van der Waals surface area contributed by atoms with Crippen molar-refractivity contribution in [3.63, 3.8) is 0 Å². The Hall–Kier alpha value is -6.65. The number of benzene rings is 8. The van der Waals surface area contributed by atoms with Crippen molar-refractivity contribution in [3.8, 4) is 45.3 Å². The molecular formula is C51H37N3O. The summed E-state index contributed by atoms with van der Waals surface area (Å²) in [5.41, 5.74) is 9.12. The van der Waals surface area contributed by atoms with Crippen LogP contribution in [0.1, 0.15) is 38.8 Å². The molecule has 1 aliphatic carbocycles. The maximum Gasteiger partial charge on any atom is 0.164 e. The second kappa shape index (κ2) is 11.4. The van der Waals surface area contributed by atoms with Crippen LogP contribution in [-0.2, 0) is 10.8 Å². The Morgan fingerprint density at radius 1 is 0.400 bits per heavy atom. The number of hydrogen-bond donors (Lipinski definition) is 0. The fraction of sp³-hybridized carbons (Fsp3) is 0.118. The quantitative estimate of drug-likeness (QED) is 0.172. The van der Waals surface area contributed by atoms with Gasteiger partial charge in [0.05, 0.1) is 0 Å². The molecule has 0 radical (unpaired) electrons. The Kier molecular flexibility index (Phi) is 6.61. The van der Waals surface area contributed by atoms with E-state index in [9.17, 15) is 0 Å². The summed E-state index contributed by atoms with van der Waals surface area (Å²) in [4.78, 5) is 15.9. The Morgan fingerprint density at radius 3 is 1.89 bits per heavy atom. The van der Waals surface area contributed by atoms with Gasteiger partial charge in [-0.3, -0.25) is 0 Å². The fourth-order valence-corrected chi connectivity index (χ4v) is 9.26. The summed E-state index contributed by atoms with van der Waals surface area (Å²) in [5.74, 6) is 1.90. The van der Waals surface area contributed by atoms with E-state index in [0.717, 1.165) is 38.6 Å².